The highest BCUT2D eigenvalue weighted by molar-refractivity contribution is 6.31. The zero-order chi connectivity index (χ0) is 13.1. The highest BCUT2D eigenvalue weighted by Gasteiger charge is 2.32. The van der Waals surface area contributed by atoms with E-state index in [4.69, 9.17) is 11.6 Å². The molecule has 1 aliphatic carbocycles. The molecule has 3 rings (SSSR count). The van der Waals surface area contributed by atoms with Crippen LogP contribution in [0, 0.1) is 5.92 Å². The standard InChI is InChI=1S/C16H23ClN2/c17-15-8-4-3-7-14(15)16(13-5-1-2-6-13)19-11-9-18-10-12-19/h3-4,7-8,13,16,18H,1-2,5-6,9-12H2/t16-/m0/s1. The quantitative estimate of drug-likeness (QED) is 0.911. The summed E-state index contributed by atoms with van der Waals surface area (Å²) in [5.74, 6) is 0.790. The van der Waals surface area contributed by atoms with E-state index in [-0.39, 0.29) is 0 Å². The van der Waals surface area contributed by atoms with Crippen LogP contribution >= 0.6 is 11.6 Å². The minimum Gasteiger partial charge on any atom is -0.314 e. The van der Waals surface area contributed by atoms with E-state index in [1.165, 1.54) is 31.2 Å². The fourth-order valence-electron chi connectivity index (χ4n) is 3.70. The van der Waals surface area contributed by atoms with Gasteiger partial charge >= 0.3 is 0 Å². The summed E-state index contributed by atoms with van der Waals surface area (Å²) in [6.45, 7) is 4.50. The average molecular weight is 279 g/mol. The van der Waals surface area contributed by atoms with Gasteiger partial charge in [0.1, 0.15) is 0 Å². The lowest BCUT2D eigenvalue weighted by atomic mass is 9.89. The third-order valence-electron chi connectivity index (χ3n) is 4.62. The molecule has 3 heteroatoms. The van der Waals surface area contributed by atoms with Crippen LogP contribution in [0.1, 0.15) is 37.3 Å². The number of piperazine rings is 1. The summed E-state index contributed by atoms with van der Waals surface area (Å²) in [4.78, 5) is 2.65. The van der Waals surface area contributed by atoms with E-state index in [0.717, 1.165) is 37.1 Å². The second kappa shape index (κ2) is 6.25. The zero-order valence-electron chi connectivity index (χ0n) is 11.4. The maximum absolute atomic E-state index is 6.47. The third-order valence-corrected chi connectivity index (χ3v) is 4.96. The SMILES string of the molecule is Clc1ccccc1[C@H](C1CCCC1)N1CCNCC1. The molecule has 19 heavy (non-hydrogen) atoms. The molecule has 0 aromatic heterocycles. The first kappa shape index (κ1) is 13.4. The molecular weight excluding hydrogens is 256 g/mol. The molecule has 1 aromatic rings. The van der Waals surface area contributed by atoms with Gasteiger partial charge in [0.25, 0.3) is 0 Å². The molecule has 1 heterocycles. The van der Waals surface area contributed by atoms with E-state index in [9.17, 15) is 0 Å². The van der Waals surface area contributed by atoms with Gasteiger partial charge in [0.2, 0.25) is 0 Å². The number of halogens is 1. The van der Waals surface area contributed by atoms with Crippen LogP contribution < -0.4 is 5.32 Å². The van der Waals surface area contributed by atoms with E-state index in [2.05, 4.69) is 22.3 Å². The Bertz CT molecular complexity index is 409. The van der Waals surface area contributed by atoms with Gasteiger partial charge < -0.3 is 5.32 Å². The summed E-state index contributed by atoms with van der Waals surface area (Å²) in [6.07, 6.45) is 5.50. The van der Waals surface area contributed by atoms with Crippen molar-refractivity contribution < 1.29 is 0 Å². The van der Waals surface area contributed by atoms with Crippen molar-refractivity contribution in [3.05, 3.63) is 34.9 Å². The minimum absolute atomic E-state index is 0.526. The summed E-state index contributed by atoms with van der Waals surface area (Å²) in [6, 6.07) is 8.97. The van der Waals surface area contributed by atoms with Crippen molar-refractivity contribution in [1.29, 1.82) is 0 Å². The van der Waals surface area contributed by atoms with Gasteiger partial charge in [-0.25, -0.2) is 0 Å². The Labute approximate surface area is 121 Å². The van der Waals surface area contributed by atoms with Crippen molar-refractivity contribution in [2.24, 2.45) is 5.92 Å². The van der Waals surface area contributed by atoms with E-state index >= 15 is 0 Å². The Balaban J connectivity index is 1.88. The Morgan fingerprint density at radius 3 is 2.47 bits per heavy atom. The summed E-state index contributed by atoms with van der Waals surface area (Å²) >= 11 is 6.47. The van der Waals surface area contributed by atoms with Crippen molar-refractivity contribution in [2.45, 2.75) is 31.7 Å². The van der Waals surface area contributed by atoms with Gasteiger partial charge in [0, 0.05) is 37.2 Å². The van der Waals surface area contributed by atoms with Crippen LogP contribution in [0.4, 0.5) is 0 Å². The van der Waals surface area contributed by atoms with Crippen molar-refractivity contribution in [3.8, 4) is 0 Å². The number of benzene rings is 1. The summed E-state index contributed by atoms with van der Waals surface area (Å²) < 4.78 is 0. The minimum atomic E-state index is 0.526. The molecule has 1 saturated heterocycles. The highest BCUT2D eigenvalue weighted by Crippen LogP contribution is 2.41. The molecule has 1 aromatic carbocycles. The summed E-state index contributed by atoms with van der Waals surface area (Å²) in [5.41, 5.74) is 1.35. The maximum atomic E-state index is 6.47. The second-order valence-corrected chi connectivity index (χ2v) is 6.20. The molecule has 2 nitrogen and oxygen atoms in total. The summed E-state index contributed by atoms with van der Waals surface area (Å²) in [5, 5.41) is 4.39. The molecule has 1 saturated carbocycles. The molecule has 0 unspecified atom stereocenters. The Kier molecular flexibility index (Phi) is 4.42. The zero-order valence-corrected chi connectivity index (χ0v) is 12.2. The van der Waals surface area contributed by atoms with E-state index in [1.807, 2.05) is 12.1 Å². The van der Waals surface area contributed by atoms with Crippen molar-refractivity contribution >= 4 is 11.6 Å². The molecule has 0 radical (unpaired) electrons. The van der Waals surface area contributed by atoms with Gasteiger partial charge in [-0.15, -0.1) is 0 Å². The van der Waals surface area contributed by atoms with Gasteiger partial charge in [-0.3, -0.25) is 4.90 Å². The van der Waals surface area contributed by atoms with Gasteiger partial charge in [0.15, 0.2) is 0 Å². The van der Waals surface area contributed by atoms with Gasteiger partial charge in [-0.1, -0.05) is 42.6 Å². The Morgan fingerprint density at radius 2 is 1.79 bits per heavy atom. The molecule has 2 aliphatic rings. The predicted molar refractivity (Wildman–Crippen MR) is 80.6 cm³/mol. The molecule has 1 atom stereocenters. The second-order valence-electron chi connectivity index (χ2n) is 5.80. The van der Waals surface area contributed by atoms with E-state index in [1.54, 1.807) is 0 Å². The van der Waals surface area contributed by atoms with Crippen molar-refractivity contribution in [2.75, 3.05) is 26.2 Å². The smallest absolute Gasteiger partial charge is 0.0453 e. The first-order valence-electron chi connectivity index (χ1n) is 7.55. The van der Waals surface area contributed by atoms with Gasteiger partial charge in [-0.05, 0) is 30.4 Å². The largest absolute Gasteiger partial charge is 0.314 e. The monoisotopic (exact) mass is 278 g/mol. The first-order valence-corrected chi connectivity index (χ1v) is 7.93. The maximum Gasteiger partial charge on any atom is 0.0453 e. The molecule has 0 amide bonds. The van der Waals surface area contributed by atoms with Crippen LogP contribution in [-0.4, -0.2) is 31.1 Å². The van der Waals surface area contributed by atoms with Crippen molar-refractivity contribution in [3.63, 3.8) is 0 Å². The van der Waals surface area contributed by atoms with Crippen molar-refractivity contribution in [1.82, 2.24) is 10.2 Å². The lowest BCUT2D eigenvalue weighted by molar-refractivity contribution is 0.125. The average Bonchev–Trinajstić information content (AvgIpc) is 2.96. The van der Waals surface area contributed by atoms with Gasteiger partial charge in [-0.2, -0.15) is 0 Å². The predicted octanol–water partition coefficient (Wildman–Crippen LogP) is 3.48. The number of nitrogens with zero attached hydrogens (tertiary/aromatic N) is 1. The molecule has 2 fully saturated rings. The van der Waals surface area contributed by atoms with Gasteiger partial charge in [0.05, 0.1) is 0 Å². The normalized spacial score (nSPS) is 23.6. The van der Waals surface area contributed by atoms with Crippen LogP contribution in [0.15, 0.2) is 24.3 Å². The number of nitrogens with one attached hydrogen (secondary N) is 1. The number of hydrogen-bond acceptors (Lipinski definition) is 2. The van der Waals surface area contributed by atoms with Crippen LogP contribution in [0.2, 0.25) is 5.02 Å². The van der Waals surface area contributed by atoms with Crippen LogP contribution in [-0.2, 0) is 0 Å². The van der Waals surface area contributed by atoms with Crippen LogP contribution in [0.5, 0.6) is 0 Å². The Hall–Kier alpha value is -0.570. The fraction of sp³-hybridized carbons (Fsp3) is 0.625. The number of rotatable bonds is 3. The number of hydrogen-bond donors (Lipinski definition) is 1. The van der Waals surface area contributed by atoms with E-state index < -0.39 is 0 Å². The molecule has 1 N–H and O–H groups in total. The van der Waals surface area contributed by atoms with Crippen LogP contribution in [0.3, 0.4) is 0 Å². The molecule has 0 bridgehead atoms. The highest BCUT2D eigenvalue weighted by atomic mass is 35.5. The third kappa shape index (κ3) is 2.96. The summed E-state index contributed by atoms with van der Waals surface area (Å²) in [7, 11) is 0. The first-order chi connectivity index (χ1) is 9.36. The van der Waals surface area contributed by atoms with E-state index in [0.29, 0.717) is 6.04 Å². The molecular formula is C16H23ClN2. The Morgan fingerprint density at radius 1 is 1.11 bits per heavy atom. The topological polar surface area (TPSA) is 15.3 Å². The lowest BCUT2D eigenvalue weighted by Gasteiger charge is -2.39. The van der Waals surface area contributed by atoms with Crippen LogP contribution in [0.25, 0.3) is 0 Å². The fourth-order valence-corrected chi connectivity index (χ4v) is 3.94. The lowest BCUT2D eigenvalue weighted by Crippen LogP contribution is -2.46. The molecule has 1 aliphatic heterocycles. The molecule has 104 valence electrons. The molecule has 0 spiro atoms.